The average Bonchev–Trinajstić information content (AvgIpc) is 3.23. The second-order valence-corrected chi connectivity index (χ2v) is 8.01. The van der Waals surface area contributed by atoms with Crippen molar-refractivity contribution < 1.29 is 8.42 Å². The molecule has 1 saturated heterocycles. The lowest BCUT2D eigenvalue weighted by molar-refractivity contribution is 0.454. The Labute approximate surface area is 140 Å². The van der Waals surface area contributed by atoms with Crippen LogP contribution in [0.15, 0.2) is 53.7 Å². The van der Waals surface area contributed by atoms with Crippen LogP contribution in [0.3, 0.4) is 0 Å². The zero-order valence-corrected chi connectivity index (χ0v) is 13.9. The Morgan fingerprint density at radius 1 is 1.17 bits per heavy atom. The summed E-state index contributed by atoms with van der Waals surface area (Å²) in [5.74, 6) is 0.342. The van der Waals surface area contributed by atoms with Crippen LogP contribution < -0.4 is 0 Å². The molecule has 24 heavy (non-hydrogen) atoms. The van der Waals surface area contributed by atoms with Crippen molar-refractivity contribution in [2.75, 3.05) is 13.1 Å². The molecule has 2 aromatic heterocycles. The predicted octanol–water partition coefficient (Wildman–Crippen LogP) is 2.21. The normalized spacial score (nSPS) is 19.1. The van der Waals surface area contributed by atoms with Gasteiger partial charge in [-0.3, -0.25) is 5.10 Å². The monoisotopic (exact) mass is 342 g/mol. The van der Waals surface area contributed by atoms with Crippen LogP contribution >= 0.6 is 0 Å². The quantitative estimate of drug-likeness (QED) is 0.788. The van der Waals surface area contributed by atoms with Gasteiger partial charge >= 0.3 is 0 Å². The van der Waals surface area contributed by atoms with E-state index < -0.39 is 10.0 Å². The van der Waals surface area contributed by atoms with Crippen molar-refractivity contribution in [1.82, 2.24) is 19.5 Å². The zero-order valence-electron chi connectivity index (χ0n) is 13.1. The summed E-state index contributed by atoms with van der Waals surface area (Å²) >= 11 is 0. The average molecular weight is 342 g/mol. The van der Waals surface area contributed by atoms with Crippen molar-refractivity contribution >= 4 is 21.1 Å². The lowest BCUT2D eigenvalue weighted by Crippen LogP contribution is -2.29. The van der Waals surface area contributed by atoms with E-state index in [1.807, 2.05) is 18.2 Å². The van der Waals surface area contributed by atoms with Gasteiger partial charge in [-0.2, -0.15) is 9.40 Å². The molecule has 0 spiro atoms. The fourth-order valence-electron chi connectivity index (χ4n) is 3.28. The number of nitrogens with zero attached hydrogens (tertiary/aromatic N) is 3. The van der Waals surface area contributed by atoms with E-state index in [1.54, 1.807) is 22.6 Å². The van der Waals surface area contributed by atoms with Crippen molar-refractivity contribution in [2.24, 2.45) is 5.92 Å². The third-order valence-electron chi connectivity index (χ3n) is 4.51. The highest BCUT2D eigenvalue weighted by molar-refractivity contribution is 7.89. The minimum Gasteiger partial charge on any atom is -0.263 e. The van der Waals surface area contributed by atoms with Crippen LogP contribution in [-0.4, -0.2) is 41.0 Å². The van der Waals surface area contributed by atoms with Crippen LogP contribution in [0.2, 0.25) is 0 Å². The molecule has 0 aliphatic carbocycles. The first-order valence-corrected chi connectivity index (χ1v) is 9.42. The summed E-state index contributed by atoms with van der Waals surface area (Å²) in [6.45, 7) is 1.08. The molecule has 3 aromatic rings. The van der Waals surface area contributed by atoms with Crippen LogP contribution in [0.4, 0.5) is 0 Å². The van der Waals surface area contributed by atoms with E-state index in [-0.39, 0.29) is 5.03 Å². The number of fused-ring (bicyclic) bond motifs is 1. The molecule has 0 unspecified atom stereocenters. The number of pyridine rings is 1. The van der Waals surface area contributed by atoms with Gasteiger partial charge in [0.05, 0.1) is 5.39 Å². The first-order valence-electron chi connectivity index (χ1n) is 7.98. The summed E-state index contributed by atoms with van der Waals surface area (Å²) in [5.41, 5.74) is 1.68. The number of aromatic amines is 1. The molecule has 7 heteroatoms. The number of H-pyrrole nitrogens is 1. The zero-order chi connectivity index (χ0) is 16.6. The lowest BCUT2D eigenvalue weighted by Gasteiger charge is -2.15. The Hall–Kier alpha value is -2.25. The highest BCUT2D eigenvalue weighted by atomic mass is 32.2. The van der Waals surface area contributed by atoms with Gasteiger partial charge in [0.15, 0.2) is 10.7 Å². The summed E-state index contributed by atoms with van der Waals surface area (Å²) in [6, 6.07) is 13.7. The smallest absolute Gasteiger partial charge is 0.260 e. The van der Waals surface area contributed by atoms with E-state index in [9.17, 15) is 8.42 Å². The number of benzene rings is 1. The molecule has 1 aromatic carbocycles. The number of sulfonamides is 1. The highest BCUT2D eigenvalue weighted by Gasteiger charge is 2.34. The summed E-state index contributed by atoms with van der Waals surface area (Å²) < 4.78 is 27.4. The number of nitrogens with one attached hydrogen (secondary N) is 1. The van der Waals surface area contributed by atoms with Crippen molar-refractivity contribution in [3.05, 3.63) is 54.2 Å². The van der Waals surface area contributed by atoms with Gasteiger partial charge < -0.3 is 0 Å². The number of hydrogen-bond donors (Lipinski definition) is 1. The molecule has 0 amide bonds. The maximum absolute atomic E-state index is 12.9. The van der Waals surface area contributed by atoms with Gasteiger partial charge in [0, 0.05) is 19.3 Å². The van der Waals surface area contributed by atoms with Gasteiger partial charge in [-0.25, -0.2) is 13.4 Å². The predicted molar refractivity (Wildman–Crippen MR) is 90.9 cm³/mol. The maximum Gasteiger partial charge on any atom is 0.260 e. The Balaban J connectivity index is 1.55. The van der Waals surface area contributed by atoms with Crippen LogP contribution in [-0.2, 0) is 16.4 Å². The largest absolute Gasteiger partial charge is 0.263 e. The molecule has 0 bridgehead atoms. The number of hydrogen-bond acceptors (Lipinski definition) is 4. The lowest BCUT2D eigenvalue weighted by atomic mass is 9.99. The summed E-state index contributed by atoms with van der Waals surface area (Å²) in [7, 11) is -3.57. The molecule has 1 aliphatic rings. The van der Waals surface area contributed by atoms with E-state index in [0.29, 0.717) is 30.0 Å². The Morgan fingerprint density at radius 3 is 2.83 bits per heavy atom. The fraction of sp³-hybridized carbons (Fsp3) is 0.294. The second-order valence-electron chi connectivity index (χ2n) is 6.13. The minimum absolute atomic E-state index is 0.144. The van der Waals surface area contributed by atoms with E-state index in [4.69, 9.17) is 0 Å². The molecule has 1 aliphatic heterocycles. The minimum atomic E-state index is -3.57. The Morgan fingerprint density at radius 2 is 2.00 bits per heavy atom. The van der Waals surface area contributed by atoms with Crippen molar-refractivity contribution in [3.8, 4) is 0 Å². The first-order chi connectivity index (χ1) is 11.6. The second kappa shape index (κ2) is 5.99. The molecule has 0 saturated carbocycles. The molecular weight excluding hydrogens is 324 g/mol. The van der Waals surface area contributed by atoms with Crippen LogP contribution in [0.1, 0.15) is 12.0 Å². The van der Waals surface area contributed by atoms with Crippen LogP contribution in [0.25, 0.3) is 11.0 Å². The van der Waals surface area contributed by atoms with E-state index in [1.165, 1.54) is 5.56 Å². The van der Waals surface area contributed by atoms with Gasteiger partial charge in [0.2, 0.25) is 0 Å². The van der Waals surface area contributed by atoms with E-state index >= 15 is 0 Å². The van der Waals surface area contributed by atoms with Crippen molar-refractivity contribution in [1.29, 1.82) is 0 Å². The standard InChI is InChI=1S/C17H18N4O2S/c22-24(23,17-15-7-4-9-18-16(15)19-20-17)21-10-8-14(12-21)11-13-5-2-1-3-6-13/h1-7,9,14H,8,10-12H2,(H,18,19,20)/t14-/m1/s1. The molecule has 124 valence electrons. The van der Waals surface area contributed by atoms with E-state index in [0.717, 1.165) is 12.8 Å². The van der Waals surface area contributed by atoms with Gasteiger partial charge in [-0.1, -0.05) is 30.3 Å². The molecule has 1 fully saturated rings. The summed E-state index contributed by atoms with van der Waals surface area (Å²) in [6.07, 6.45) is 3.38. The molecule has 6 nitrogen and oxygen atoms in total. The third kappa shape index (κ3) is 2.70. The summed E-state index contributed by atoms with van der Waals surface area (Å²) in [5, 5.41) is 7.34. The summed E-state index contributed by atoms with van der Waals surface area (Å²) in [4.78, 5) is 4.09. The Bertz CT molecular complexity index is 953. The van der Waals surface area contributed by atoms with Gasteiger partial charge in [-0.05, 0) is 36.5 Å². The number of rotatable bonds is 4. The molecule has 0 radical (unpaired) electrons. The fourth-order valence-corrected chi connectivity index (χ4v) is 4.89. The molecule has 4 rings (SSSR count). The molecule has 3 heterocycles. The molecule has 1 atom stereocenters. The Kier molecular flexibility index (Phi) is 3.82. The van der Waals surface area contributed by atoms with Crippen molar-refractivity contribution in [2.45, 2.75) is 17.9 Å². The SMILES string of the molecule is O=S(=O)(c1[nH]nc2ncccc12)N1CC[C@H](Cc2ccccc2)C1. The first kappa shape index (κ1) is 15.3. The highest BCUT2D eigenvalue weighted by Crippen LogP contribution is 2.28. The van der Waals surface area contributed by atoms with Crippen molar-refractivity contribution in [3.63, 3.8) is 0 Å². The molecule has 1 N–H and O–H groups in total. The number of aromatic nitrogens is 3. The van der Waals surface area contributed by atoms with Gasteiger partial charge in [-0.15, -0.1) is 0 Å². The van der Waals surface area contributed by atoms with E-state index in [2.05, 4.69) is 27.3 Å². The third-order valence-corrected chi connectivity index (χ3v) is 6.35. The molecular formula is C17H18N4O2S. The van der Waals surface area contributed by atoms with Gasteiger partial charge in [0.25, 0.3) is 10.0 Å². The maximum atomic E-state index is 12.9. The van der Waals surface area contributed by atoms with Crippen LogP contribution in [0.5, 0.6) is 0 Å². The van der Waals surface area contributed by atoms with Gasteiger partial charge in [0.1, 0.15) is 0 Å². The van der Waals surface area contributed by atoms with Crippen LogP contribution in [0, 0.1) is 5.92 Å². The topological polar surface area (TPSA) is 79.0 Å².